The highest BCUT2D eigenvalue weighted by molar-refractivity contribution is 6.06. The van der Waals surface area contributed by atoms with Gasteiger partial charge in [0.15, 0.2) is 12.4 Å². The number of benzene rings is 2. The molecule has 0 spiro atoms. The molecule has 0 saturated heterocycles. The van der Waals surface area contributed by atoms with Crippen molar-refractivity contribution < 1.29 is 18.7 Å². The monoisotopic (exact) mass is 412 g/mol. The Labute approximate surface area is 179 Å². The molecule has 0 radical (unpaired) electrons. The third kappa shape index (κ3) is 3.46. The molecule has 1 atom stereocenters. The molecule has 5 rings (SSSR count). The lowest BCUT2D eigenvalue weighted by atomic mass is 10.1. The number of carbonyl (C=O) groups excluding carboxylic acids is 2. The molecular weight excluding hydrogens is 392 g/mol. The maximum Gasteiger partial charge on any atom is 0.339 e. The maximum absolute atomic E-state index is 13.0. The summed E-state index contributed by atoms with van der Waals surface area (Å²) in [6.45, 7) is 1.66. The van der Waals surface area contributed by atoms with Gasteiger partial charge in [0.25, 0.3) is 5.91 Å². The van der Waals surface area contributed by atoms with Crippen LogP contribution in [0, 0.1) is 0 Å². The van der Waals surface area contributed by atoms with E-state index < -0.39 is 5.97 Å². The Balaban J connectivity index is 1.40. The third-order valence-electron chi connectivity index (χ3n) is 5.51. The highest BCUT2D eigenvalue weighted by Gasteiger charge is 2.31. The number of ether oxygens (including phenoxy) is 1. The first-order chi connectivity index (χ1) is 15.1. The summed E-state index contributed by atoms with van der Waals surface area (Å²) >= 11 is 0. The number of nitrogens with zero attached hydrogens (tertiary/aromatic N) is 2. The van der Waals surface area contributed by atoms with Crippen molar-refractivity contribution in [2.75, 3.05) is 11.5 Å². The molecule has 1 amide bonds. The van der Waals surface area contributed by atoms with Crippen molar-refractivity contribution in [3.63, 3.8) is 0 Å². The Hall–Kier alpha value is -3.93. The molecule has 1 aliphatic heterocycles. The number of fused-ring (bicyclic) bond motifs is 2. The number of rotatable bonds is 4. The normalized spacial score (nSPS) is 15.1. The topological polar surface area (TPSA) is 72.6 Å². The number of anilines is 1. The van der Waals surface area contributed by atoms with Gasteiger partial charge in [0.05, 0.1) is 17.3 Å². The van der Waals surface area contributed by atoms with Crippen LogP contribution in [-0.2, 0) is 16.0 Å². The van der Waals surface area contributed by atoms with Crippen molar-refractivity contribution in [3.8, 4) is 11.5 Å². The Kier molecular flexibility index (Phi) is 4.75. The minimum atomic E-state index is -0.570. The van der Waals surface area contributed by atoms with Crippen LogP contribution in [0.4, 0.5) is 5.69 Å². The number of hydrogen-bond donors (Lipinski definition) is 0. The standard InChI is InChI=1S/C25H20N2O4/c1-16-13-17-7-2-5-10-22(17)27(16)24(28)15-31-25(29)19-14-21(23-11-6-12-30-23)26-20-9-4-3-8-18(19)20/h2-12,14,16H,13,15H2,1H3. The number of carbonyl (C=O) groups is 2. The molecule has 3 heterocycles. The van der Waals surface area contributed by atoms with Gasteiger partial charge in [0.2, 0.25) is 0 Å². The average Bonchev–Trinajstić information content (AvgIpc) is 3.44. The van der Waals surface area contributed by atoms with Crippen LogP contribution in [0.2, 0.25) is 0 Å². The van der Waals surface area contributed by atoms with Gasteiger partial charge >= 0.3 is 5.97 Å². The van der Waals surface area contributed by atoms with Crippen LogP contribution in [0.15, 0.2) is 77.4 Å². The summed E-state index contributed by atoms with van der Waals surface area (Å²) in [7, 11) is 0. The zero-order valence-corrected chi connectivity index (χ0v) is 16.9. The van der Waals surface area contributed by atoms with Gasteiger partial charge in [-0.2, -0.15) is 0 Å². The smallest absolute Gasteiger partial charge is 0.339 e. The van der Waals surface area contributed by atoms with Gasteiger partial charge in [-0.05, 0) is 49.2 Å². The third-order valence-corrected chi connectivity index (χ3v) is 5.51. The predicted octanol–water partition coefficient (Wildman–Crippen LogP) is 4.63. The molecule has 154 valence electrons. The minimum Gasteiger partial charge on any atom is -0.463 e. The Morgan fingerprint density at radius 2 is 1.90 bits per heavy atom. The number of pyridine rings is 1. The molecule has 0 fully saturated rings. The molecule has 4 aromatic rings. The van der Waals surface area contributed by atoms with Crippen LogP contribution >= 0.6 is 0 Å². The lowest BCUT2D eigenvalue weighted by molar-refractivity contribution is -0.122. The van der Waals surface area contributed by atoms with E-state index >= 15 is 0 Å². The van der Waals surface area contributed by atoms with Gasteiger partial charge in [-0.15, -0.1) is 0 Å². The fraction of sp³-hybridized carbons (Fsp3) is 0.160. The molecule has 1 unspecified atom stereocenters. The van der Waals surface area contributed by atoms with E-state index in [1.165, 1.54) is 0 Å². The van der Waals surface area contributed by atoms with Crippen molar-refractivity contribution in [1.29, 1.82) is 0 Å². The minimum absolute atomic E-state index is 0.0240. The van der Waals surface area contributed by atoms with E-state index in [-0.39, 0.29) is 18.6 Å². The molecule has 0 saturated carbocycles. The Morgan fingerprint density at radius 1 is 1.10 bits per heavy atom. The molecular formula is C25H20N2O4. The van der Waals surface area contributed by atoms with E-state index in [1.807, 2.05) is 55.5 Å². The molecule has 1 aliphatic rings. The Morgan fingerprint density at radius 3 is 2.74 bits per heavy atom. The molecule has 6 heteroatoms. The molecule has 0 aliphatic carbocycles. The molecule has 6 nitrogen and oxygen atoms in total. The highest BCUT2D eigenvalue weighted by atomic mass is 16.5. The largest absolute Gasteiger partial charge is 0.463 e. The average molecular weight is 412 g/mol. The van der Waals surface area contributed by atoms with Crippen LogP contribution in [0.25, 0.3) is 22.4 Å². The van der Waals surface area contributed by atoms with Crippen LogP contribution < -0.4 is 4.90 Å². The van der Waals surface area contributed by atoms with Gasteiger partial charge in [0.1, 0.15) is 5.69 Å². The summed E-state index contributed by atoms with van der Waals surface area (Å²) in [6.07, 6.45) is 2.34. The van der Waals surface area contributed by atoms with Crippen molar-refractivity contribution in [1.82, 2.24) is 4.98 Å². The summed E-state index contributed by atoms with van der Waals surface area (Å²) < 4.78 is 10.9. The summed E-state index contributed by atoms with van der Waals surface area (Å²) in [5.74, 6) is -0.256. The van der Waals surface area contributed by atoms with Crippen molar-refractivity contribution >= 4 is 28.5 Å². The van der Waals surface area contributed by atoms with E-state index in [2.05, 4.69) is 4.98 Å². The van der Waals surface area contributed by atoms with Crippen LogP contribution in [0.3, 0.4) is 0 Å². The van der Waals surface area contributed by atoms with E-state index in [0.717, 1.165) is 17.7 Å². The second-order valence-electron chi connectivity index (χ2n) is 7.57. The van der Waals surface area contributed by atoms with Gasteiger partial charge in [-0.3, -0.25) is 4.79 Å². The molecule has 31 heavy (non-hydrogen) atoms. The molecule has 0 bridgehead atoms. The lowest BCUT2D eigenvalue weighted by Crippen LogP contribution is -2.38. The van der Waals surface area contributed by atoms with Gasteiger partial charge in [-0.25, -0.2) is 9.78 Å². The number of para-hydroxylation sites is 2. The first-order valence-electron chi connectivity index (χ1n) is 10.1. The number of amides is 1. The first-order valence-corrected chi connectivity index (χ1v) is 10.1. The fourth-order valence-corrected chi connectivity index (χ4v) is 4.11. The van der Waals surface area contributed by atoms with E-state index in [1.54, 1.807) is 29.4 Å². The summed E-state index contributed by atoms with van der Waals surface area (Å²) in [4.78, 5) is 32.2. The zero-order valence-electron chi connectivity index (χ0n) is 16.9. The van der Waals surface area contributed by atoms with Crippen LogP contribution in [0.5, 0.6) is 0 Å². The van der Waals surface area contributed by atoms with Crippen LogP contribution in [-0.4, -0.2) is 29.5 Å². The zero-order chi connectivity index (χ0) is 21.4. The fourth-order valence-electron chi connectivity index (χ4n) is 4.11. The molecule has 2 aromatic carbocycles. The SMILES string of the molecule is CC1Cc2ccccc2N1C(=O)COC(=O)c1cc(-c2ccco2)nc2ccccc12. The van der Waals surface area contributed by atoms with E-state index in [9.17, 15) is 9.59 Å². The van der Waals surface area contributed by atoms with Crippen molar-refractivity contribution in [2.45, 2.75) is 19.4 Å². The summed E-state index contributed by atoms with van der Waals surface area (Å²) in [5.41, 5.74) is 3.53. The maximum atomic E-state index is 13.0. The van der Waals surface area contributed by atoms with Crippen molar-refractivity contribution in [2.24, 2.45) is 0 Å². The number of hydrogen-bond acceptors (Lipinski definition) is 5. The molecule has 2 aromatic heterocycles. The highest BCUT2D eigenvalue weighted by Crippen LogP contribution is 2.32. The quantitative estimate of drug-likeness (QED) is 0.457. The summed E-state index contributed by atoms with van der Waals surface area (Å²) in [5, 5.41) is 0.662. The van der Waals surface area contributed by atoms with Gasteiger partial charge in [-0.1, -0.05) is 36.4 Å². The van der Waals surface area contributed by atoms with Crippen molar-refractivity contribution in [3.05, 3.63) is 84.1 Å². The first kappa shape index (κ1) is 19.1. The van der Waals surface area contributed by atoms with Crippen LogP contribution in [0.1, 0.15) is 22.8 Å². The second kappa shape index (κ2) is 7.72. The second-order valence-corrected chi connectivity index (χ2v) is 7.57. The molecule has 0 N–H and O–H groups in total. The summed E-state index contributed by atoms with van der Waals surface area (Å²) in [6, 6.07) is 20.3. The van der Waals surface area contributed by atoms with Gasteiger partial charge < -0.3 is 14.1 Å². The van der Waals surface area contributed by atoms with E-state index in [4.69, 9.17) is 9.15 Å². The number of furan rings is 1. The number of esters is 1. The number of aromatic nitrogens is 1. The van der Waals surface area contributed by atoms with Gasteiger partial charge in [0, 0.05) is 17.1 Å². The Bertz CT molecular complexity index is 1280. The van der Waals surface area contributed by atoms with E-state index in [0.29, 0.717) is 27.9 Å². The lowest BCUT2D eigenvalue weighted by Gasteiger charge is -2.22. The predicted molar refractivity (Wildman–Crippen MR) is 117 cm³/mol.